The summed E-state index contributed by atoms with van der Waals surface area (Å²) >= 11 is 0. The van der Waals surface area contributed by atoms with Gasteiger partial charge in [0.25, 0.3) is 0 Å². The lowest BCUT2D eigenvalue weighted by atomic mass is 9.98. The fourth-order valence-corrected chi connectivity index (χ4v) is 2.26. The lowest BCUT2D eigenvalue weighted by Gasteiger charge is -2.21. The van der Waals surface area contributed by atoms with Gasteiger partial charge in [0.1, 0.15) is 0 Å². The SMILES string of the molecule is O=C(O)N1C=CC=C(c2cccnc2-c2cccnc2)C1. The Balaban J connectivity index is 2.03. The standard InChI is InChI=1S/C16H13N3O2/c20-16(21)19-9-3-5-13(11-19)14-6-2-8-18-15(14)12-4-1-7-17-10-12/h1-10H,11H2,(H,20,21). The van der Waals surface area contributed by atoms with Crippen molar-refractivity contribution in [2.45, 2.75) is 0 Å². The number of aromatic nitrogens is 2. The Kier molecular flexibility index (Phi) is 3.47. The number of nitrogens with zero attached hydrogens (tertiary/aromatic N) is 3. The highest BCUT2D eigenvalue weighted by atomic mass is 16.4. The normalized spacial score (nSPS) is 13.9. The molecule has 1 aliphatic heterocycles. The minimum absolute atomic E-state index is 0.310. The molecular formula is C16H13N3O2. The first-order valence-electron chi connectivity index (χ1n) is 6.48. The van der Waals surface area contributed by atoms with Crippen molar-refractivity contribution in [3.8, 4) is 11.3 Å². The minimum atomic E-state index is -0.969. The fraction of sp³-hybridized carbons (Fsp3) is 0.0625. The highest BCUT2D eigenvalue weighted by Gasteiger charge is 2.17. The Morgan fingerprint density at radius 1 is 1.24 bits per heavy atom. The van der Waals surface area contributed by atoms with Crippen LogP contribution in [0.1, 0.15) is 5.56 Å². The van der Waals surface area contributed by atoms with Gasteiger partial charge in [-0.2, -0.15) is 0 Å². The van der Waals surface area contributed by atoms with Crippen LogP contribution in [0.2, 0.25) is 0 Å². The molecular weight excluding hydrogens is 266 g/mol. The summed E-state index contributed by atoms with van der Waals surface area (Å²) < 4.78 is 0. The summed E-state index contributed by atoms with van der Waals surface area (Å²) in [5.74, 6) is 0. The van der Waals surface area contributed by atoms with E-state index in [4.69, 9.17) is 5.11 Å². The third-order valence-corrected chi connectivity index (χ3v) is 3.24. The van der Waals surface area contributed by atoms with Crippen molar-refractivity contribution in [2.75, 3.05) is 6.54 Å². The number of hydrogen-bond acceptors (Lipinski definition) is 3. The maximum atomic E-state index is 11.1. The molecule has 0 atom stereocenters. The van der Waals surface area contributed by atoms with E-state index in [1.807, 2.05) is 30.3 Å². The summed E-state index contributed by atoms with van der Waals surface area (Å²) in [7, 11) is 0. The lowest BCUT2D eigenvalue weighted by Crippen LogP contribution is -2.27. The van der Waals surface area contributed by atoms with Gasteiger partial charge in [0.15, 0.2) is 0 Å². The third-order valence-electron chi connectivity index (χ3n) is 3.24. The molecule has 0 saturated heterocycles. The van der Waals surface area contributed by atoms with Gasteiger partial charge in [0.2, 0.25) is 0 Å². The Bertz CT molecular complexity index is 723. The predicted molar refractivity (Wildman–Crippen MR) is 79.3 cm³/mol. The molecule has 5 nitrogen and oxygen atoms in total. The molecule has 104 valence electrons. The van der Waals surface area contributed by atoms with Crippen LogP contribution in [-0.2, 0) is 0 Å². The van der Waals surface area contributed by atoms with E-state index in [0.717, 1.165) is 22.4 Å². The summed E-state index contributed by atoms with van der Waals surface area (Å²) in [6.07, 6.45) is 9.40. The van der Waals surface area contributed by atoms with E-state index in [1.165, 1.54) is 4.90 Å². The molecule has 0 fully saturated rings. The first-order valence-corrected chi connectivity index (χ1v) is 6.48. The zero-order valence-electron chi connectivity index (χ0n) is 11.2. The maximum absolute atomic E-state index is 11.1. The molecule has 0 aromatic carbocycles. The average molecular weight is 279 g/mol. The van der Waals surface area contributed by atoms with E-state index in [1.54, 1.807) is 30.9 Å². The van der Waals surface area contributed by atoms with Gasteiger partial charge in [-0.15, -0.1) is 0 Å². The highest BCUT2D eigenvalue weighted by Crippen LogP contribution is 2.28. The van der Waals surface area contributed by atoms with E-state index in [0.29, 0.717) is 6.54 Å². The lowest BCUT2D eigenvalue weighted by molar-refractivity contribution is 0.167. The molecule has 0 bridgehead atoms. The number of pyridine rings is 2. The zero-order valence-corrected chi connectivity index (χ0v) is 11.2. The highest BCUT2D eigenvalue weighted by molar-refractivity contribution is 5.82. The van der Waals surface area contributed by atoms with E-state index in [9.17, 15) is 4.79 Å². The second kappa shape index (κ2) is 5.58. The zero-order chi connectivity index (χ0) is 14.7. The van der Waals surface area contributed by atoms with Crippen molar-refractivity contribution in [1.82, 2.24) is 14.9 Å². The van der Waals surface area contributed by atoms with E-state index >= 15 is 0 Å². The topological polar surface area (TPSA) is 66.3 Å². The van der Waals surface area contributed by atoms with Gasteiger partial charge < -0.3 is 5.11 Å². The quantitative estimate of drug-likeness (QED) is 0.917. The Morgan fingerprint density at radius 2 is 2.10 bits per heavy atom. The van der Waals surface area contributed by atoms with Crippen molar-refractivity contribution in [1.29, 1.82) is 0 Å². The van der Waals surface area contributed by atoms with Crippen LogP contribution in [0.25, 0.3) is 16.8 Å². The molecule has 0 spiro atoms. The summed E-state index contributed by atoms with van der Waals surface area (Å²) in [6, 6.07) is 7.58. The molecule has 0 radical (unpaired) electrons. The number of allylic oxidation sites excluding steroid dienone is 2. The van der Waals surface area contributed by atoms with Gasteiger partial charge in [-0.25, -0.2) is 4.79 Å². The Hall–Kier alpha value is -2.95. The first-order chi connectivity index (χ1) is 10.3. The molecule has 2 aromatic heterocycles. The molecule has 0 saturated carbocycles. The van der Waals surface area contributed by atoms with Gasteiger partial charge in [0.05, 0.1) is 12.2 Å². The van der Waals surface area contributed by atoms with Gasteiger partial charge in [-0.1, -0.05) is 12.1 Å². The Morgan fingerprint density at radius 3 is 2.86 bits per heavy atom. The average Bonchev–Trinajstić information content (AvgIpc) is 2.56. The van der Waals surface area contributed by atoms with Gasteiger partial charge in [-0.3, -0.25) is 14.9 Å². The molecule has 1 N–H and O–H groups in total. The molecule has 0 aliphatic carbocycles. The van der Waals surface area contributed by atoms with Crippen LogP contribution in [0, 0.1) is 0 Å². The molecule has 3 rings (SSSR count). The molecule has 3 heterocycles. The van der Waals surface area contributed by atoms with Crippen molar-refractivity contribution in [3.05, 3.63) is 66.8 Å². The molecule has 0 unspecified atom stereocenters. The van der Waals surface area contributed by atoms with Crippen molar-refractivity contribution in [3.63, 3.8) is 0 Å². The van der Waals surface area contributed by atoms with Crippen molar-refractivity contribution in [2.24, 2.45) is 0 Å². The molecule has 2 aromatic rings. The third kappa shape index (κ3) is 2.67. The summed E-state index contributed by atoms with van der Waals surface area (Å²) in [4.78, 5) is 20.9. The molecule has 5 heteroatoms. The monoisotopic (exact) mass is 279 g/mol. The smallest absolute Gasteiger partial charge is 0.411 e. The second-order valence-electron chi connectivity index (χ2n) is 4.59. The van der Waals surface area contributed by atoms with E-state index in [-0.39, 0.29) is 0 Å². The number of carbonyl (C=O) groups is 1. The summed E-state index contributed by atoms with van der Waals surface area (Å²) in [6.45, 7) is 0.310. The second-order valence-corrected chi connectivity index (χ2v) is 4.59. The van der Waals surface area contributed by atoms with Crippen LogP contribution >= 0.6 is 0 Å². The summed E-state index contributed by atoms with van der Waals surface area (Å²) in [5.41, 5.74) is 3.54. The molecule has 21 heavy (non-hydrogen) atoms. The van der Waals surface area contributed by atoms with Crippen molar-refractivity contribution >= 4 is 11.7 Å². The molecule has 1 amide bonds. The van der Waals surface area contributed by atoms with E-state index < -0.39 is 6.09 Å². The summed E-state index contributed by atoms with van der Waals surface area (Å²) in [5, 5.41) is 9.11. The number of carboxylic acid groups (broad SMARTS) is 1. The molecule has 1 aliphatic rings. The van der Waals surface area contributed by atoms with Crippen molar-refractivity contribution < 1.29 is 9.90 Å². The minimum Gasteiger partial charge on any atom is -0.465 e. The van der Waals surface area contributed by atoms with Crippen LogP contribution < -0.4 is 0 Å². The van der Waals surface area contributed by atoms with Crippen LogP contribution in [-0.4, -0.2) is 32.6 Å². The maximum Gasteiger partial charge on any atom is 0.411 e. The van der Waals surface area contributed by atoms with Gasteiger partial charge in [-0.05, 0) is 29.8 Å². The van der Waals surface area contributed by atoms with E-state index in [2.05, 4.69) is 9.97 Å². The van der Waals surface area contributed by atoms with Crippen LogP contribution in [0.3, 0.4) is 0 Å². The van der Waals surface area contributed by atoms with Gasteiger partial charge in [0, 0.05) is 35.9 Å². The number of rotatable bonds is 2. The number of hydrogen-bond donors (Lipinski definition) is 1. The largest absolute Gasteiger partial charge is 0.465 e. The first kappa shape index (κ1) is 13.1. The van der Waals surface area contributed by atoms with Crippen LogP contribution in [0.4, 0.5) is 4.79 Å². The van der Waals surface area contributed by atoms with Gasteiger partial charge >= 0.3 is 6.09 Å². The Labute approximate surface area is 121 Å². The van der Waals surface area contributed by atoms with Crippen LogP contribution in [0.15, 0.2) is 61.2 Å². The fourth-order valence-electron chi connectivity index (χ4n) is 2.26. The number of amides is 1. The predicted octanol–water partition coefficient (Wildman–Crippen LogP) is 3.03. The van der Waals surface area contributed by atoms with Crippen LogP contribution in [0.5, 0.6) is 0 Å².